The fourth-order valence-corrected chi connectivity index (χ4v) is 6.03. The van der Waals surface area contributed by atoms with Crippen LogP contribution >= 0.6 is 0 Å². The summed E-state index contributed by atoms with van der Waals surface area (Å²) in [4.78, 5) is 2.27. The molecule has 1 atom stereocenters. The third-order valence-corrected chi connectivity index (χ3v) is 9.32. The first kappa shape index (κ1) is 21.0. The first-order chi connectivity index (χ1) is 11.6. The fraction of sp³-hybridized carbons (Fsp3) is 1.00. The van der Waals surface area contributed by atoms with E-state index >= 15 is 0 Å². The van der Waals surface area contributed by atoms with Crippen LogP contribution in [0.15, 0.2) is 0 Å². The number of sulfonamides is 1. The van der Waals surface area contributed by atoms with E-state index in [-0.39, 0.29) is 12.6 Å². The van der Waals surface area contributed by atoms with Gasteiger partial charge in [-0.05, 0) is 46.2 Å². The van der Waals surface area contributed by atoms with E-state index in [0.717, 1.165) is 25.9 Å². The third kappa shape index (κ3) is 4.72. The number of hydrogen-bond acceptors (Lipinski definition) is 5. The number of rotatable bonds is 8. The zero-order valence-electron chi connectivity index (χ0n) is 15.8. The Morgan fingerprint density at radius 2 is 1.64 bits per heavy atom. The van der Waals surface area contributed by atoms with Gasteiger partial charge in [0.25, 0.3) is 10.2 Å². The molecule has 1 unspecified atom stereocenters. The molecular weight excluding hydrogens is 364 g/mol. The summed E-state index contributed by atoms with van der Waals surface area (Å²) >= 11 is 0. The summed E-state index contributed by atoms with van der Waals surface area (Å²) in [6.07, 6.45) is 2.85. The van der Waals surface area contributed by atoms with Gasteiger partial charge in [0, 0.05) is 46.3 Å². The molecule has 2 saturated heterocycles. The zero-order valence-corrected chi connectivity index (χ0v) is 17.4. The monoisotopic (exact) mass is 396 g/mol. The van der Waals surface area contributed by atoms with Crippen molar-refractivity contribution in [1.29, 1.82) is 0 Å². The quantitative estimate of drug-likeness (QED) is 0.577. The minimum Gasteiger partial charge on any atom is -0.302 e. The predicted octanol–water partition coefficient (Wildman–Crippen LogP) is 0.00310. The van der Waals surface area contributed by atoms with Gasteiger partial charge in [-0.1, -0.05) is 0 Å². The lowest BCUT2D eigenvalue weighted by atomic mass is 10.2. The maximum Gasteiger partial charge on any atom is 0.281 e. The summed E-state index contributed by atoms with van der Waals surface area (Å²) in [5.74, 6) is 0. The van der Waals surface area contributed by atoms with Crippen molar-refractivity contribution in [3.05, 3.63) is 0 Å². The van der Waals surface area contributed by atoms with Crippen molar-refractivity contribution in [2.45, 2.75) is 44.4 Å². The van der Waals surface area contributed by atoms with Gasteiger partial charge in [-0.15, -0.1) is 0 Å². The topological polar surface area (TPSA) is 81.2 Å². The molecule has 0 aromatic carbocycles. The Balaban J connectivity index is 2.13. The second kappa shape index (κ2) is 8.18. The van der Waals surface area contributed by atoms with Crippen LogP contribution in [0.5, 0.6) is 0 Å². The van der Waals surface area contributed by atoms with Gasteiger partial charge >= 0.3 is 0 Å². The van der Waals surface area contributed by atoms with Crippen LogP contribution in [-0.4, -0.2) is 99.3 Å². The van der Waals surface area contributed by atoms with E-state index in [1.54, 1.807) is 13.8 Å². The average molecular weight is 397 g/mol. The van der Waals surface area contributed by atoms with Crippen LogP contribution in [0.1, 0.15) is 33.1 Å². The molecule has 0 bridgehead atoms. The molecule has 2 aliphatic heterocycles. The Morgan fingerprint density at radius 1 is 1.04 bits per heavy atom. The van der Waals surface area contributed by atoms with Crippen molar-refractivity contribution in [3.8, 4) is 0 Å². The van der Waals surface area contributed by atoms with Crippen molar-refractivity contribution < 1.29 is 16.8 Å². The lowest BCUT2D eigenvalue weighted by Gasteiger charge is -2.32. The summed E-state index contributed by atoms with van der Waals surface area (Å²) in [6.45, 7) is 7.06. The minimum atomic E-state index is -3.58. The molecule has 25 heavy (non-hydrogen) atoms. The summed E-state index contributed by atoms with van der Waals surface area (Å²) in [6, 6.07) is -0.302. The Morgan fingerprint density at radius 3 is 2.16 bits per heavy atom. The highest BCUT2D eigenvalue weighted by Crippen LogP contribution is 2.24. The van der Waals surface area contributed by atoms with Gasteiger partial charge in [-0.2, -0.15) is 17.0 Å². The fourth-order valence-electron chi connectivity index (χ4n) is 3.42. The van der Waals surface area contributed by atoms with Crippen LogP contribution in [0.3, 0.4) is 0 Å². The molecule has 2 rings (SSSR count). The molecule has 0 aromatic rings. The molecule has 0 saturated carbocycles. The molecule has 2 aliphatic rings. The van der Waals surface area contributed by atoms with Crippen molar-refractivity contribution in [3.63, 3.8) is 0 Å². The lowest BCUT2D eigenvalue weighted by Crippen LogP contribution is -2.50. The molecule has 10 heteroatoms. The van der Waals surface area contributed by atoms with Gasteiger partial charge in [0.15, 0.2) is 0 Å². The van der Waals surface area contributed by atoms with Gasteiger partial charge in [0.05, 0.1) is 5.25 Å². The molecular formula is C15H32N4O4S2. The highest BCUT2D eigenvalue weighted by molar-refractivity contribution is 7.89. The zero-order chi connectivity index (χ0) is 18.8. The van der Waals surface area contributed by atoms with Crippen molar-refractivity contribution >= 4 is 20.2 Å². The summed E-state index contributed by atoms with van der Waals surface area (Å²) in [5.41, 5.74) is 0. The molecule has 148 valence electrons. The van der Waals surface area contributed by atoms with Gasteiger partial charge in [0.2, 0.25) is 10.0 Å². The Labute approximate surface area is 153 Å². The lowest BCUT2D eigenvalue weighted by molar-refractivity contribution is 0.252. The summed E-state index contributed by atoms with van der Waals surface area (Å²) in [7, 11) is -3.89. The third-order valence-electron chi connectivity index (χ3n) is 5.08. The molecule has 0 amide bonds. The Bertz CT molecular complexity index is 642. The first-order valence-electron chi connectivity index (χ1n) is 8.97. The molecule has 0 aromatic heterocycles. The van der Waals surface area contributed by atoms with E-state index in [2.05, 4.69) is 4.90 Å². The average Bonchev–Trinajstić information content (AvgIpc) is 3.18. The Kier molecular flexibility index (Phi) is 6.89. The second-order valence-corrected chi connectivity index (χ2v) is 11.9. The number of likely N-dealkylation sites (tertiary alicyclic amines) is 1. The van der Waals surface area contributed by atoms with Gasteiger partial charge in [-0.25, -0.2) is 12.7 Å². The molecule has 2 fully saturated rings. The van der Waals surface area contributed by atoms with Gasteiger partial charge in [0.1, 0.15) is 0 Å². The predicted molar refractivity (Wildman–Crippen MR) is 99.0 cm³/mol. The van der Waals surface area contributed by atoms with Crippen LogP contribution in [0, 0.1) is 0 Å². The van der Waals surface area contributed by atoms with Crippen molar-refractivity contribution in [2.75, 3.05) is 53.4 Å². The normalized spacial score (nSPS) is 24.2. The first-order valence-corrected chi connectivity index (χ1v) is 11.9. The van der Waals surface area contributed by atoms with Crippen LogP contribution in [0.4, 0.5) is 0 Å². The van der Waals surface area contributed by atoms with Crippen LogP contribution in [0.2, 0.25) is 0 Å². The van der Waals surface area contributed by atoms with E-state index in [1.165, 1.54) is 27.0 Å². The number of nitrogens with zero attached hydrogens (tertiary/aromatic N) is 4. The standard InChI is InChI=1S/C15H32N4O4S2/c1-14(2)24(20,21)18-10-7-15(13-18)19(25(22,23)16(3)4)12-11-17-8-5-6-9-17/h14-15H,5-13H2,1-4H3. The smallest absolute Gasteiger partial charge is 0.281 e. The van der Waals surface area contributed by atoms with Gasteiger partial charge < -0.3 is 4.90 Å². The molecule has 2 heterocycles. The van der Waals surface area contributed by atoms with Crippen LogP contribution in [-0.2, 0) is 20.2 Å². The highest BCUT2D eigenvalue weighted by atomic mass is 32.2. The minimum absolute atomic E-state index is 0.244. The molecule has 0 aliphatic carbocycles. The summed E-state index contributed by atoms with van der Waals surface area (Å²) in [5, 5.41) is -0.491. The summed E-state index contributed by atoms with van der Waals surface area (Å²) < 4.78 is 54.5. The Hall–Kier alpha value is -0.260. The van der Waals surface area contributed by atoms with Crippen LogP contribution in [0.25, 0.3) is 0 Å². The molecule has 0 N–H and O–H groups in total. The molecule has 8 nitrogen and oxygen atoms in total. The largest absolute Gasteiger partial charge is 0.302 e. The maximum atomic E-state index is 12.8. The highest BCUT2D eigenvalue weighted by Gasteiger charge is 2.40. The molecule has 0 spiro atoms. The van der Waals surface area contributed by atoms with Crippen LogP contribution < -0.4 is 0 Å². The van der Waals surface area contributed by atoms with E-state index < -0.39 is 25.5 Å². The van der Waals surface area contributed by atoms with Crippen molar-refractivity contribution in [1.82, 2.24) is 17.8 Å². The maximum absolute atomic E-state index is 12.8. The molecule has 0 radical (unpaired) electrons. The van der Waals surface area contributed by atoms with E-state index in [9.17, 15) is 16.8 Å². The number of hydrogen-bond donors (Lipinski definition) is 0. The van der Waals surface area contributed by atoms with E-state index in [1.807, 2.05) is 0 Å². The van der Waals surface area contributed by atoms with E-state index in [0.29, 0.717) is 26.1 Å². The second-order valence-electron chi connectivity index (χ2n) is 7.34. The van der Waals surface area contributed by atoms with Crippen molar-refractivity contribution in [2.24, 2.45) is 0 Å². The van der Waals surface area contributed by atoms with Gasteiger partial charge in [-0.3, -0.25) is 0 Å². The van der Waals surface area contributed by atoms with E-state index in [4.69, 9.17) is 0 Å². The SMILES string of the molecule is CC(C)S(=O)(=O)N1CCC(N(CCN2CCCC2)S(=O)(=O)N(C)C)C1.